The number of rotatable bonds is 7. The molecular formula is C18H17FN2O3S2. The van der Waals surface area contributed by atoms with Crippen LogP contribution in [0, 0.1) is 5.82 Å². The number of hydrogen-bond acceptors (Lipinski definition) is 5. The summed E-state index contributed by atoms with van der Waals surface area (Å²) in [4.78, 5) is 4.46. The summed E-state index contributed by atoms with van der Waals surface area (Å²) >= 11 is 1.41. The first-order chi connectivity index (χ1) is 12.4. The Hall–Kier alpha value is -2.29. The Balaban J connectivity index is 1.63. The number of thiazole rings is 1. The molecule has 5 nitrogen and oxygen atoms in total. The molecule has 0 saturated carbocycles. The Labute approximate surface area is 155 Å². The van der Waals surface area contributed by atoms with Gasteiger partial charge < -0.3 is 4.74 Å². The van der Waals surface area contributed by atoms with Crippen molar-refractivity contribution in [3.63, 3.8) is 0 Å². The van der Waals surface area contributed by atoms with Gasteiger partial charge in [0.2, 0.25) is 10.0 Å². The average Bonchev–Trinajstić information content (AvgIpc) is 3.08. The fourth-order valence-corrected chi connectivity index (χ4v) is 4.09. The lowest BCUT2D eigenvalue weighted by Gasteiger charge is -2.16. The third kappa shape index (κ3) is 4.46. The van der Waals surface area contributed by atoms with Crippen LogP contribution in [0.1, 0.15) is 10.7 Å². The topological polar surface area (TPSA) is 59.5 Å². The van der Waals surface area contributed by atoms with Crippen LogP contribution in [0.25, 0.3) is 0 Å². The molecule has 0 N–H and O–H groups in total. The molecule has 8 heteroatoms. The van der Waals surface area contributed by atoms with Gasteiger partial charge in [-0.2, -0.15) is 4.31 Å². The molecule has 2 aromatic carbocycles. The van der Waals surface area contributed by atoms with Crippen LogP contribution >= 0.6 is 11.3 Å². The van der Waals surface area contributed by atoms with E-state index < -0.39 is 15.8 Å². The number of sulfonamides is 1. The number of ether oxygens (including phenoxy) is 1. The molecule has 26 heavy (non-hydrogen) atoms. The Morgan fingerprint density at radius 2 is 1.81 bits per heavy atom. The Morgan fingerprint density at radius 1 is 1.12 bits per heavy atom. The standard InChI is InChI=1S/C18H17FN2O3S2/c1-21(26(22,23)17-9-7-14(19)8-10-17)11-15-13-25-18(20-15)12-24-16-5-3-2-4-6-16/h2-10,13H,11-12H2,1H3. The molecule has 0 atom stereocenters. The molecular weight excluding hydrogens is 375 g/mol. The minimum absolute atomic E-state index is 0.0456. The van der Waals surface area contributed by atoms with Gasteiger partial charge in [-0.25, -0.2) is 17.8 Å². The molecule has 0 amide bonds. The molecule has 0 bridgehead atoms. The summed E-state index contributed by atoms with van der Waals surface area (Å²) in [7, 11) is -2.23. The van der Waals surface area contributed by atoms with E-state index in [4.69, 9.17) is 4.74 Å². The van der Waals surface area contributed by atoms with Crippen molar-refractivity contribution in [1.82, 2.24) is 9.29 Å². The third-order valence-electron chi connectivity index (χ3n) is 3.61. The normalized spacial score (nSPS) is 11.7. The highest BCUT2D eigenvalue weighted by molar-refractivity contribution is 7.89. The molecule has 0 saturated heterocycles. The minimum atomic E-state index is -3.70. The lowest BCUT2D eigenvalue weighted by molar-refractivity contribution is 0.305. The van der Waals surface area contributed by atoms with E-state index in [2.05, 4.69) is 4.98 Å². The van der Waals surface area contributed by atoms with Gasteiger partial charge >= 0.3 is 0 Å². The SMILES string of the molecule is CN(Cc1csc(COc2ccccc2)n1)S(=O)(=O)c1ccc(F)cc1. The van der Waals surface area contributed by atoms with E-state index in [0.29, 0.717) is 12.3 Å². The zero-order valence-corrected chi connectivity index (χ0v) is 15.6. The van der Waals surface area contributed by atoms with Crippen molar-refractivity contribution in [1.29, 1.82) is 0 Å². The number of halogens is 1. The molecule has 1 heterocycles. The summed E-state index contributed by atoms with van der Waals surface area (Å²) in [5.74, 6) is 0.273. The predicted octanol–water partition coefficient (Wildman–Crippen LogP) is 3.68. The molecule has 0 aliphatic heterocycles. The van der Waals surface area contributed by atoms with Crippen LogP contribution in [0.5, 0.6) is 5.75 Å². The van der Waals surface area contributed by atoms with Crippen LogP contribution in [0.4, 0.5) is 4.39 Å². The van der Waals surface area contributed by atoms with Gasteiger partial charge in [0, 0.05) is 12.4 Å². The van der Waals surface area contributed by atoms with Crippen LogP contribution in [-0.4, -0.2) is 24.8 Å². The largest absolute Gasteiger partial charge is 0.486 e. The van der Waals surface area contributed by atoms with Crippen LogP contribution in [0.2, 0.25) is 0 Å². The summed E-state index contributed by atoms with van der Waals surface area (Å²) in [6, 6.07) is 14.2. The van der Waals surface area contributed by atoms with Crippen LogP contribution < -0.4 is 4.74 Å². The van der Waals surface area contributed by atoms with Gasteiger partial charge in [-0.3, -0.25) is 0 Å². The number of aromatic nitrogens is 1. The highest BCUT2D eigenvalue weighted by atomic mass is 32.2. The monoisotopic (exact) mass is 392 g/mol. The summed E-state index contributed by atoms with van der Waals surface area (Å²) in [6.07, 6.45) is 0. The molecule has 0 spiro atoms. The van der Waals surface area contributed by atoms with E-state index in [9.17, 15) is 12.8 Å². The van der Waals surface area contributed by atoms with E-state index in [1.54, 1.807) is 5.38 Å². The molecule has 3 aromatic rings. The first-order valence-electron chi connectivity index (χ1n) is 7.78. The van der Waals surface area contributed by atoms with Gasteiger partial charge in [0.15, 0.2) is 0 Å². The van der Waals surface area contributed by atoms with Crippen molar-refractivity contribution in [2.75, 3.05) is 7.05 Å². The lowest BCUT2D eigenvalue weighted by atomic mass is 10.3. The van der Waals surface area contributed by atoms with E-state index in [1.807, 2.05) is 30.3 Å². The van der Waals surface area contributed by atoms with Crippen molar-refractivity contribution < 1.29 is 17.5 Å². The van der Waals surface area contributed by atoms with Crippen LogP contribution in [-0.2, 0) is 23.2 Å². The van der Waals surface area contributed by atoms with Gasteiger partial charge in [0.1, 0.15) is 23.2 Å². The second-order valence-corrected chi connectivity index (χ2v) is 8.54. The molecule has 3 rings (SSSR count). The Morgan fingerprint density at radius 3 is 2.50 bits per heavy atom. The van der Waals surface area contributed by atoms with E-state index in [0.717, 1.165) is 22.9 Å². The molecule has 0 radical (unpaired) electrons. The van der Waals surface area contributed by atoms with Crippen molar-refractivity contribution >= 4 is 21.4 Å². The van der Waals surface area contributed by atoms with Gasteiger partial charge in [-0.05, 0) is 36.4 Å². The average molecular weight is 392 g/mol. The quantitative estimate of drug-likeness (QED) is 0.615. The second-order valence-electron chi connectivity index (χ2n) is 5.55. The highest BCUT2D eigenvalue weighted by Crippen LogP contribution is 2.19. The zero-order chi connectivity index (χ0) is 18.6. The minimum Gasteiger partial charge on any atom is -0.486 e. The molecule has 0 fully saturated rings. The maximum absolute atomic E-state index is 13.0. The first-order valence-corrected chi connectivity index (χ1v) is 10.1. The summed E-state index contributed by atoms with van der Waals surface area (Å²) < 4.78 is 44.9. The number of benzene rings is 2. The smallest absolute Gasteiger partial charge is 0.243 e. The lowest BCUT2D eigenvalue weighted by Crippen LogP contribution is -2.26. The van der Waals surface area contributed by atoms with E-state index >= 15 is 0 Å². The van der Waals surface area contributed by atoms with E-state index in [1.165, 1.54) is 34.8 Å². The zero-order valence-electron chi connectivity index (χ0n) is 14.0. The summed E-state index contributed by atoms with van der Waals surface area (Å²) in [5, 5.41) is 2.57. The number of para-hydroxylation sites is 1. The summed E-state index contributed by atoms with van der Waals surface area (Å²) in [6.45, 7) is 0.449. The Kier molecular flexibility index (Phi) is 5.65. The first kappa shape index (κ1) is 18.5. The van der Waals surface area contributed by atoms with Gasteiger partial charge in [-0.15, -0.1) is 11.3 Å². The molecule has 0 aliphatic rings. The fraction of sp³-hybridized carbons (Fsp3) is 0.167. The molecule has 1 aromatic heterocycles. The fourth-order valence-electron chi connectivity index (χ4n) is 2.25. The maximum Gasteiger partial charge on any atom is 0.243 e. The van der Waals surface area contributed by atoms with Crippen LogP contribution in [0.3, 0.4) is 0 Å². The molecule has 136 valence electrons. The second kappa shape index (κ2) is 7.94. The van der Waals surface area contributed by atoms with Gasteiger partial charge in [0.25, 0.3) is 0 Å². The molecule has 0 aliphatic carbocycles. The number of hydrogen-bond donors (Lipinski definition) is 0. The Bertz CT molecular complexity index is 958. The number of nitrogens with zero attached hydrogens (tertiary/aromatic N) is 2. The van der Waals surface area contributed by atoms with E-state index in [-0.39, 0.29) is 11.4 Å². The van der Waals surface area contributed by atoms with Crippen molar-refractivity contribution in [3.05, 3.63) is 76.5 Å². The summed E-state index contributed by atoms with van der Waals surface area (Å²) in [5.41, 5.74) is 0.634. The van der Waals surface area contributed by atoms with Crippen molar-refractivity contribution in [2.24, 2.45) is 0 Å². The van der Waals surface area contributed by atoms with Crippen molar-refractivity contribution in [2.45, 2.75) is 18.0 Å². The predicted molar refractivity (Wildman–Crippen MR) is 97.9 cm³/mol. The van der Waals surface area contributed by atoms with Gasteiger partial charge in [-0.1, -0.05) is 18.2 Å². The highest BCUT2D eigenvalue weighted by Gasteiger charge is 2.21. The maximum atomic E-state index is 13.0. The van der Waals surface area contributed by atoms with Crippen molar-refractivity contribution in [3.8, 4) is 5.75 Å². The van der Waals surface area contributed by atoms with Gasteiger partial charge in [0.05, 0.1) is 17.1 Å². The van der Waals surface area contributed by atoms with Crippen LogP contribution in [0.15, 0.2) is 64.9 Å². The molecule has 0 unspecified atom stereocenters. The third-order valence-corrected chi connectivity index (χ3v) is 6.30.